The fourth-order valence-corrected chi connectivity index (χ4v) is 2.42. The zero-order valence-corrected chi connectivity index (χ0v) is 8.61. The van der Waals surface area contributed by atoms with E-state index in [0.29, 0.717) is 6.04 Å². The molecule has 2 fully saturated rings. The highest BCUT2D eigenvalue weighted by atomic mass is 16.4. The molecule has 3 heteroatoms. The molecule has 0 spiro atoms. The average Bonchev–Trinajstić information content (AvgIpc) is 2.85. The van der Waals surface area contributed by atoms with Crippen LogP contribution < -0.4 is 0 Å². The van der Waals surface area contributed by atoms with Crippen LogP contribution in [0.4, 0.5) is 0 Å². The highest BCUT2D eigenvalue weighted by Crippen LogP contribution is 2.31. The van der Waals surface area contributed by atoms with Crippen LogP contribution in [0.25, 0.3) is 0 Å². The van der Waals surface area contributed by atoms with Gasteiger partial charge in [-0.05, 0) is 32.2 Å². The molecule has 0 amide bonds. The van der Waals surface area contributed by atoms with Gasteiger partial charge in [0, 0.05) is 6.04 Å². The molecule has 0 aromatic rings. The third-order valence-electron chi connectivity index (χ3n) is 3.35. The minimum absolute atomic E-state index is 0.192. The van der Waals surface area contributed by atoms with Gasteiger partial charge >= 0.3 is 5.97 Å². The summed E-state index contributed by atoms with van der Waals surface area (Å²) in [5.74, 6) is -0.612. The van der Waals surface area contributed by atoms with Crippen molar-refractivity contribution in [3.05, 3.63) is 0 Å². The molecule has 80 valence electrons. The van der Waals surface area contributed by atoms with Gasteiger partial charge in [0.2, 0.25) is 0 Å². The second-order valence-corrected chi connectivity index (χ2v) is 4.53. The van der Waals surface area contributed by atoms with Gasteiger partial charge in [-0.2, -0.15) is 0 Å². The third-order valence-corrected chi connectivity index (χ3v) is 3.35. The van der Waals surface area contributed by atoms with Crippen LogP contribution in [0.3, 0.4) is 0 Å². The van der Waals surface area contributed by atoms with Gasteiger partial charge in [-0.15, -0.1) is 0 Å². The second kappa shape index (κ2) is 4.30. The molecule has 2 aliphatic rings. The Morgan fingerprint density at radius 3 is 2.43 bits per heavy atom. The molecule has 1 heterocycles. The topological polar surface area (TPSA) is 40.5 Å². The molecule has 0 aromatic heterocycles. The van der Waals surface area contributed by atoms with Crippen molar-refractivity contribution in [1.82, 2.24) is 4.90 Å². The predicted octanol–water partition coefficient (Wildman–Crippen LogP) is 1.87. The van der Waals surface area contributed by atoms with Gasteiger partial charge in [0.05, 0.1) is 0 Å². The van der Waals surface area contributed by atoms with Crippen LogP contribution in [0.2, 0.25) is 0 Å². The van der Waals surface area contributed by atoms with Crippen molar-refractivity contribution in [3.63, 3.8) is 0 Å². The minimum atomic E-state index is -0.612. The fourth-order valence-electron chi connectivity index (χ4n) is 2.42. The van der Waals surface area contributed by atoms with Crippen LogP contribution in [-0.2, 0) is 4.79 Å². The number of hydrogen-bond donors (Lipinski definition) is 1. The lowest BCUT2D eigenvalue weighted by molar-refractivity contribution is -0.144. The molecular formula is C11H19NO2. The van der Waals surface area contributed by atoms with E-state index in [2.05, 4.69) is 4.90 Å². The summed E-state index contributed by atoms with van der Waals surface area (Å²) < 4.78 is 0. The Morgan fingerprint density at radius 1 is 1.07 bits per heavy atom. The summed E-state index contributed by atoms with van der Waals surface area (Å²) in [5, 5.41) is 9.16. The zero-order chi connectivity index (χ0) is 9.97. The third kappa shape index (κ3) is 2.27. The molecule has 3 nitrogen and oxygen atoms in total. The van der Waals surface area contributed by atoms with Crippen LogP contribution in [0, 0.1) is 0 Å². The van der Waals surface area contributed by atoms with Crippen molar-refractivity contribution in [2.24, 2.45) is 0 Å². The molecule has 1 aliphatic heterocycles. The number of carbonyl (C=O) groups is 1. The summed E-state index contributed by atoms with van der Waals surface area (Å²) in [6.07, 6.45) is 8.03. The lowest BCUT2D eigenvalue weighted by atomic mass is 10.0. The largest absolute Gasteiger partial charge is 0.480 e. The maximum Gasteiger partial charge on any atom is 0.320 e. The SMILES string of the molecule is O=C(O)C1CCCCCCN1C1CC1. The van der Waals surface area contributed by atoms with Crippen molar-refractivity contribution in [2.45, 2.75) is 57.0 Å². The molecule has 0 bridgehead atoms. The van der Waals surface area contributed by atoms with Gasteiger partial charge in [0.1, 0.15) is 6.04 Å². The van der Waals surface area contributed by atoms with Crippen LogP contribution in [-0.4, -0.2) is 34.6 Å². The number of aliphatic carboxylic acids is 1. The summed E-state index contributed by atoms with van der Waals surface area (Å²) in [7, 11) is 0. The van der Waals surface area contributed by atoms with E-state index in [9.17, 15) is 4.79 Å². The summed E-state index contributed by atoms with van der Waals surface area (Å²) in [6, 6.07) is 0.400. The molecule has 1 saturated heterocycles. The summed E-state index contributed by atoms with van der Waals surface area (Å²) in [4.78, 5) is 13.4. The van der Waals surface area contributed by atoms with Crippen molar-refractivity contribution in [2.75, 3.05) is 6.54 Å². The van der Waals surface area contributed by atoms with Crippen LogP contribution in [0.15, 0.2) is 0 Å². The van der Waals surface area contributed by atoms with Crippen molar-refractivity contribution in [1.29, 1.82) is 0 Å². The predicted molar refractivity (Wildman–Crippen MR) is 54.2 cm³/mol. The van der Waals surface area contributed by atoms with Crippen LogP contribution >= 0.6 is 0 Å². The molecule has 14 heavy (non-hydrogen) atoms. The van der Waals surface area contributed by atoms with Crippen molar-refractivity contribution >= 4 is 5.97 Å². The maximum absolute atomic E-state index is 11.1. The average molecular weight is 197 g/mol. The molecule has 0 radical (unpaired) electrons. The molecule has 1 unspecified atom stereocenters. The summed E-state index contributed by atoms with van der Waals surface area (Å²) in [5.41, 5.74) is 0. The molecule has 2 rings (SSSR count). The number of rotatable bonds is 2. The van der Waals surface area contributed by atoms with E-state index in [4.69, 9.17) is 5.11 Å². The Labute approximate surface area is 85.1 Å². The first-order chi connectivity index (χ1) is 6.79. The normalized spacial score (nSPS) is 30.7. The highest BCUT2D eigenvalue weighted by molar-refractivity contribution is 5.73. The van der Waals surface area contributed by atoms with Gasteiger partial charge in [-0.1, -0.05) is 19.3 Å². The molecule has 1 aliphatic carbocycles. The first kappa shape index (κ1) is 9.97. The van der Waals surface area contributed by atoms with E-state index in [-0.39, 0.29) is 6.04 Å². The van der Waals surface area contributed by atoms with E-state index < -0.39 is 5.97 Å². The Hall–Kier alpha value is -0.570. The quantitative estimate of drug-likeness (QED) is 0.734. The molecule has 1 atom stereocenters. The number of nitrogens with zero attached hydrogens (tertiary/aromatic N) is 1. The Balaban J connectivity index is 2.00. The standard InChI is InChI=1S/C11H19NO2/c13-11(14)10-5-3-1-2-4-8-12(10)9-6-7-9/h9-10H,1-8H2,(H,13,14). The van der Waals surface area contributed by atoms with Crippen molar-refractivity contribution < 1.29 is 9.90 Å². The second-order valence-electron chi connectivity index (χ2n) is 4.53. The minimum Gasteiger partial charge on any atom is -0.480 e. The molecular weight excluding hydrogens is 178 g/mol. The van der Waals surface area contributed by atoms with E-state index in [1.807, 2.05) is 0 Å². The lowest BCUT2D eigenvalue weighted by Gasteiger charge is -2.30. The van der Waals surface area contributed by atoms with Gasteiger partial charge in [-0.25, -0.2) is 0 Å². The fraction of sp³-hybridized carbons (Fsp3) is 0.909. The lowest BCUT2D eigenvalue weighted by Crippen LogP contribution is -2.43. The van der Waals surface area contributed by atoms with E-state index >= 15 is 0 Å². The number of carboxylic acids is 1. The summed E-state index contributed by atoms with van der Waals surface area (Å²) in [6.45, 7) is 1.00. The Bertz CT molecular complexity index is 213. The molecule has 0 aromatic carbocycles. The number of hydrogen-bond acceptors (Lipinski definition) is 2. The Kier molecular flexibility index (Phi) is 3.06. The van der Waals surface area contributed by atoms with E-state index in [0.717, 1.165) is 19.4 Å². The van der Waals surface area contributed by atoms with Crippen LogP contribution in [0.1, 0.15) is 44.9 Å². The number of likely N-dealkylation sites (tertiary alicyclic amines) is 1. The van der Waals surface area contributed by atoms with Gasteiger partial charge in [-0.3, -0.25) is 9.69 Å². The molecule has 1 N–H and O–H groups in total. The monoisotopic (exact) mass is 197 g/mol. The van der Waals surface area contributed by atoms with E-state index in [1.54, 1.807) is 0 Å². The maximum atomic E-state index is 11.1. The van der Waals surface area contributed by atoms with Gasteiger partial charge in [0.25, 0.3) is 0 Å². The van der Waals surface area contributed by atoms with Gasteiger partial charge in [0.15, 0.2) is 0 Å². The zero-order valence-electron chi connectivity index (χ0n) is 8.61. The molecule has 1 saturated carbocycles. The van der Waals surface area contributed by atoms with Crippen LogP contribution in [0.5, 0.6) is 0 Å². The first-order valence-corrected chi connectivity index (χ1v) is 5.77. The Morgan fingerprint density at radius 2 is 1.79 bits per heavy atom. The van der Waals surface area contributed by atoms with Gasteiger partial charge < -0.3 is 5.11 Å². The number of carboxylic acid groups (broad SMARTS) is 1. The van der Waals surface area contributed by atoms with Crippen molar-refractivity contribution in [3.8, 4) is 0 Å². The first-order valence-electron chi connectivity index (χ1n) is 5.77. The highest BCUT2D eigenvalue weighted by Gasteiger charge is 2.36. The smallest absolute Gasteiger partial charge is 0.320 e. The van der Waals surface area contributed by atoms with E-state index in [1.165, 1.54) is 32.1 Å². The summed E-state index contributed by atoms with van der Waals surface area (Å²) >= 11 is 0.